The van der Waals surface area contributed by atoms with Gasteiger partial charge in [0.05, 0.1) is 0 Å². The predicted molar refractivity (Wildman–Crippen MR) is 107 cm³/mol. The number of benzene rings is 2. The van der Waals surface area contributed by atoms with Crippen LogP contribution in [0.5, 0.6) is 5.75 Å². The summed E-state index contributed by atoms with van der Waals surface area (Å²) in [6, 6.07) is 13.2. The lowest BCUT2D eigenvalue weighted by atomic mass is 9.79. The Morgan fingerprint density at radius 3 is 1.84 bits per heavy atom. The van der Waals surface area contributed by atoms with Crippen molar-refractivity contribution >= 4 is 0 Å². The first-order valence-corrected chi connectivity index (χ1v) is 8.91. The second kappa shape index (κ2) is 7.21. The van der Waals surface area contributed by atoms with Crippen molar-refractivity contribution in [1.82, 2.24) is 0 Å². The van der Waals surface area contributed by atoms with Crippen LogP contribution >= 0.6 is 0 Å². The second-order valence-corrected chi connectivity index (χ2v) is 8.85. The Morgan fingerprint density at radius 2 is 1.36 bits per heavy atom. The lowest BCUT2D eigenvalue weighted by Gasteiger charge is -2.26. The van der Waals surface area contributed by atoms with Crippen LogP contribution in [0.2, 0.25) is 0 Å². The zero-order valence-electron chi connectivity index (χ0n) is 17.0. The number of hydrogen-bond donors (Lipinski definition) is 0. The third kappa shape index (κ3) is 4.85. The Kier molecular flexibility index (Phi) is 5.63. The standard InChI is InChI=1S/C23H32O2/c1-16-9-10-21(25-15-24-8)20(11-16)17-12-18(22(2,3)4)14-19(13-17)23(5,6)7/h9-14H,15H2,1-8H3. The number of rotatable bonds is 4. The molecule has 2 rings (SSSR count). The zero-order valence-corrected chi connectivity index (χ0v) is 17.0. The molecule has 2 aromatic carbocycles. The normalized spacial score (nSPS) is 12.3. The highest BCUT2D eigenvalue weighted by atomic mass is 16.7. The van der Waals surface area contributed by atoms with Gasteiger partial charge in [0.15, 0.2) is 6.79 Å². The minimum atomic E-state index is 0.0907. The molecule has 0 aliphatic carbocycles. The SMILES string of the molecule is COCOc1ccc(C)cc1-c1cc(C(C)(C)C)cc(C(C)(C)C)c1. The van der Waals surface area contributed by atoms with Gasteiger partial charge < -0.3 is 9.47 Å². The summed E-state index contributed by atoms with van der Waals surface area (Å²) in [7, 11) is 1.64. The molecule has 0 unspecified atom stereocenters. The molecule has 25 heavy (non-hydrogen) atoms. The van der Waals surface area contributed by atoms with Crippen LogP contribution in [-0.2, 0) is 15.6 Å². The van der Waals surface area contributed by atoms with Crippen molar-refractivity contribution in [1.29, 1.82) is 0 Å². The van der Waals surface area contributed by atoms with Gasteiger partial charge in [0, 0.05) is 12.7 Å². The zero-order chi connectivity index (χ0) is 18.8. The molecule has 0 radical (unpaired) electrons. The van der Waals surface area contributed by atoms with Crippen LogP contribution in [0.1, 0.15) is 58.2 Å². The minimum Gasteiger partial charge on any atom is -0.467 e. The first kappa shape index (κ1) is 19.5. The van der Waals surface area contributed by atoms with Crippen molar-refractivity contribution < 1.29 is 9.47 Å². The van der Waals surface area contributed by atoms with Crippen molar-refractivity contribution in [2.75, 3.05) is 13.9 Å². The molecule has 0 aromatic heterocycles. The average Bonchev–Trinajstić information content (AvgIpc) is 2.51. The van der Waals surface area contributed by atoms with Crippen LogP contribution in [0.3, 0.4) is 0 Å². The molecule has 0 aliphatic heterocycles. The van der Waals surface area contributed by atoms with Crippen molar-refractivity contribution in [3.63, 3.8) is 0 Å². The lowest BCUT2D eigenvalue weighted by molar-refractivity contribution is 0.0515. The van der Waals surface area contributed by atoms with E-state index < -0.39 is 0 Å². The van der Waals surface area contributed by atoms with Crippen LogP contribution in [0.15, 0.2) is 36.4 Å². The first-order chi connectivity index (χ1) is 11.5. The molecule has 0 fully saturated rings. The molecule has 2 nitrogen and oxygen atoms in total. The Labute approximate surface area is 153 Å². The highest BCUT2D eigenvalue weighted by Crippen LogP contribution is 2.37. The van der Waals surface area contributed by atoms with Gasteiger partial charge in [0.25, 0.3) is 0 Å². The second-order valence-electron chi connectivity index (χ2n) is 8.85. The third-order valence-electron chi connectivity index (χ3n) is 4.44. The molecule has 0 amide bonds. The van der Waals surface area contributed by atoms with Gasteiger partial charge in [-0.3, -0.25) is 0 Å². The van der Waals surface area contributed by atoms with Gasteiger partial charge in [-0.05, 0) is 46.6 Å². The molecule has 0 N–H and O–H groups in total. The molecular formula is C23H32O2. The fraction of sp³-hybridized carbons (Fsp3) is 0.478. The van der Waals surface area contributed by atoms with E-state index >= 15 is 0 Å². The maximum atomic E-state index is 5.82. The topological polar surface area (TPSA) is 18.5 Å². The van der Waals surface area contributed by atoms with E-state index in [1.165, 1.54) is 22.3 Å². The Morgan fingerprint density at radius 1 is 0.800 bits per heavy atom. The number of ether oxygens (including phenoxy) is 2. The van der Waals surface area contributed by atoms with Crippen LogP contribution in [-0.4, -0.2) is 13.9 Å². The first-order valence-electron chi connectivity index (χ1n) is 8.91. The highest BCUT2D eigenvalue weighted by molar-refractivity contribution is 5.73. The molecular weight excluding hydrogens is 308 g/mol. The van der Waals surface area contributed by atoms with Crippen LogP contribution < -0.4 is 4.74 Å². The summed E-state index contributed by atoms with van der Waals surface area (Å²) in [6.07, 6.45) is 0. The number of hydrogen-bond acceptors (Lipinski definition) is 2. The molecule has 0 spiro atoms. The predicted octanol–water partition coefficient (Wildman–Crippen LogP) is 6.24. The Balaban J connectivity index is 2.68. The van der Waals surface area contributed by atoms with Crippen molar-refractivity contribution in [2.24, 2.45) is 0 Å². The fourth-order valence-electron chi connectivity index (χ4n) is 2.77. The molecule has 0 saturated heterocycles. The quantitative estimate of drug-likeness (QED) is 0.613. The fourth-order valence-corrected chi connectivity index (χ4v) is 2.77. The number of aryl methyl sites for hydroxylation is 1. The molecule has 2 heteroatoms. The highest BCUT2D eigenvalue weighted by Gasteiger charge is 2.21. The van der Waals surface area contributed by atoms with E-state index in [0.717, 1.165) is 11.3 Å². The third-order valence-corrected chi connectivity index (χ3v) is 4.44. The molecule has 0 saturated carbocycles. The smallest absolute Gasteiger partial charge is 0.188 e. The van der Waals surface area contributed by atoms with Crippen molar-refractivity contribution in [3.05, 3.63) is 53.1 Å². The van der Waals surface area contributed by atoms with E-state index in [1.807, 2.05) is 6.07 Å². The summed E-state index contributed by atoms with van der Waals surface area (Å²) >= 11 is 0. The van der Waals surface area contributed by atoms with Gasteiger partial charge in [-0.25, -0.2) is 0 Å². The largest absolute Gasteiger partial charge is 0.467 e. The van der Waals surface area contributed by atoms with Crippen molar-refractivity contribution in [2.45, 2.75) is 59.3 Å². The van der Waals surface area contributed by atoms with Gasteiger partial charge in [0.1, 0.15) is 5.75 Å². The summed E-state index contributed by atoms with van der Waals surface area (Å²) in [5.41, 5.74) is 6.41. The summed E-state index contributed by atoms with van der Waals surface area (Å²) in [5.74, 6) is 0.860. The Hall–Kier alpha value is -1.80. The molecule has 2 aromatic rings. The van der Waals surface area contributed by atoms with E-state index in [1.54, 1.807) is 7.11 Å². The molecule has 136 valence electrons. The van der Waals surface area contributed by atoms with E-state index in [-0.39, 0.29) is 17.6 Å². The average molecular weight is 341 g/mol. The molecule has 0 atom stereocenters. The number of methoxy groups -OCH3 is 1. The Bertz CT molecular complexity index is 698. The molecule has 0 aliphatic rings. The van der Waals surface area contributed by atoms with Crippen LogP contribution in [0.4, 0.5) is 0 Å². The van der Waals surface area contributed by atoms with E-state index in [0.29, 0.717) is 0 Å². The van der Waals surface area contributed by atoms with E-state index in [4.69, 9.17) is 9.47 Å². The molecule has 0 heterocycles. The monoisotopic (exact) mass is 340 g/mol. The maximum absolute atomic E-state index is 5.82. The maximum Gasteiger partial charge on any atom is 0.188 e. The minimum absolute atomic E-state index is 0.0907. The lowest BCUT2D eigenvalue weighted by Crippen LogP contribution is -2.16. The van der Waals surface area contributed by atoms with E-state index in [9.17, 15) is 0 Å². The van der Waals surface area contributed by atoms with Gasteiger partial charge >= 0.3 is 0 Å². The van der Waals surface area contributed by atoms with Crippen LogP contribution in [0, 0.1) is 6.92 Å². The van der Waals surface area contributed by atoms with E-state index in [2.05, 4.69) is 78.8 Å². The van der Waals surface area contributed by atoms with Gasteiger partial charge in [-0.2, -0.15) is 0 Å². The summed E-state index contributed by atoms with van der Waals surface area (Å²) in [6.45, 7) is 15.9. The molecule has 0 bridgehead atoms. The summed E-state index contributed by atoms with van der Waals surface area (Å²) < 4.78 is 10.9. The van der Waals surface area contributed by atoms with Crippen molar-refractivity contribution in [3.8, 4) is 16.9 Å². The summed E-state index contributed by atoms with van der Waals surface area (Å²) in [4.78, 5) is 0. The van der Waals surface area contributed by atoms with Gasteiger partial charge in [-0.1, -0.05) is 71.4 Å². The van der Waals surface area contributed by atoms with Gasteiger partial charge in [0.2, 0.25) is 0 Å². The van der Waals surface area contributed by atoms with Crippen LogP contribution in [0.25, 0.3) is 11.1 Å². The van der Waals surface area contributed by atoms with Gasteiger partial charge in [-0.15, -0.1) is 0 Å². The summed E-state index contributed by atoms with van der Waals surface area (Å²) in [5, 5.41) is 0.